The standard InChI is InChI=1S/C16H19N5O2S/c1-3-7-16-17-15(19-23-16)11-24(22)12(2)14-10-21(20-18-14)13-8-5-4-6-9-13/h4-6,8-10,12H,3,7,11H2,1-2H3/t12-,24+/m1/s1. The van der Waals surface area contributed by atoms with Crippen LogP contribution in [0, 0.1) is 0 Å². The van der Waals surface area contributed by atoms with E-state index in [1.165, 1.54) is 0 Å². The molecule has 7 nitrogen and oxygen atoms in total. The van der Waals surface area contributed by atoms with Crippen LogP contribution in [0.25, 0.3) is 5.69 Å². The van der Waals surface area contributed by atoms with Crippen LogP contribution < -0.4 is 0 Å². The van der Waals surface area contributed by atoms with Gasteiger partial charge in [-0.15, -0.1) is 5.10 Å². The van der Waals surface area contributed by atoms with Crippen molar-refractivity contribution in [3.8, 4) is 5.69 Å². The van der Waals surface area contributed by atoms with Crippen molar-refractivity contribution in [2.45, 2.75) is 37.7 Å². The molecule has 0 bridgehead atoms. The zero-order chi connectivity index (χ0) is 16.9. The molecule has 3 aromatic rings. The molecule has 0 aliphatic rings. The van der Waals surface area contributed by atoms with Gasteiger partial charge in [0.05, 0.1) is 28.6 Å². The highest BCUT2D eigenvalue weighted by molar-refractivity contribution is 7.84. The lowest BCUT2D eigenvalue weighted by Gasteiger charge is -2.05. The molecule has 0 aliphatic carbocycles. The van der Waals surface area contributed by atoms with Gasteiger partial charge in [-0.25, -0.2) is 4.68 Å². The van der Waals surface area contributed by atoms with Crippen LogP contribution in [0.2, 0.25) is 0 Å². The molecular weight excluding hydrogens is 326 g/mol. The number of benzene rings is 1. The number of hydrogen-bond acceptors (Lipinski definition) is 6. The van der Waals surface area contributed by atoms with Gasteiger partial charge in [-0.05, 0) is 25.5 Å². The third-order valence-corrected chi connectivity index (χ3v) is 5.16. The molecule has 126 valence electrons. The molecule has 8 heteroatoms. The van der Waals surface area contributed by atoms with Gasteiger partial charge in [0.2, 0.25) is 5.89 Å². The molecule has 2 heterocycles. The highest BCUT2D eigenvalue weighted by atomic mass is 32.2. The SMILES string of the molecule is CCCc1nc(C[S@](=O)[C@H](C)c2cn(-c3ccccc3)nn2)no1. The minimum Gasteiger partial charge on any atom is -0.339 e. The van der Waals surface area contributed by atoms with Gasteiger partial charge in [-0.3, -0.25) is 4.21 Å². The first kappa shape index (κ1) is 16.5. The molecule has 3 rings (SSSR count). The maximum absolute atomic E-state index is 12.5. The van der Waals surface area contributed by atoms with Crippen LogP contribution in [0.3, 0.4) is 0 Å². The van der Waals surface area contributed by atoms with Crippen molar-refractivity contribution in [2.24, 2.45) is 0 Å². The molecule has 0 unspecified atom stereocenters. The number of rotatable bonds is 7. The van der Waals surface area contributed by atoms with Gasteiger partial charge in [0.25, 0.3) is 0 Å². The minimum atomic E-state index is -1.20. The number of aryl methyl sites for hydroxylation is 1. The molecule has 0 N–H and O–H groups in total. The van der Waals surface area contributed by atoms with Gasteiger partial charge < -0.3 is 4.52 Å². The van der Waals surface area contributed by atoms with E-state index in [-0.39, 0.29) is 11.0 Å². The Morgan fingerprint density at radius 3 is 2.83 bits per heavy atom. The lowest BCUT2D eigenvalue weighted by Crippen LogP contribution is -2.07. The molecular formula is C16H19N5O2S. The second-order valence-corrected chi connectivity index (χ2v) is 7.20. The Balaban J connectivity index is 1.68. The molecule has 0 fully saturated rings. The van der Waals surface area contributed by atoms with Gasteiger partial charge in [0.1, 0.15) is 0 Å². The van der Waals surface area contributed by atoms with Crippen molar-refractivity contribution in [2.75, 3.05) is 0 Å². The van der Waals surface area contributed by atoms with Crippen molar-refractivity contribution in [3.63, 3.8) is 0 Å². The van der Waals surface area contributed by atoms with Crippen molar-refractivity contribution in [3.05, 3.63) is 53.9 Å². The van der Waals surface area contributed by atoms with Crippen LogP contribution in [-0.2, 0) is 23.0 Å². The van der Waals surface area contributed by atoms with Crippen molar-refractivity contribution < 1.29 is 8.73 Å². The number of nitrogens with zero attached hydrogens (tertiary/aromatic N) is 5. The lowest BCUT2D eigenvalue weighted by atomic mass is 10.3. The molecule has 2 atom stereocenters. The highest BCUT2D eigenvalue weighted by Gasteiger charge is 2.20. The van der Waals surface area contributed by atoms with Crippen LogP contribution in [-0.4, -0.2) is 29.3 Å². The van der Waals surface area contributed by atoms with E-state index in [1.54, 1.807) is 10.9 Å². The quantitative estimate of drug-likeness (QED) is 0.654. The Morgan fingerprint density at radius 1 is 1.29 bits per heavy atom. The lowest BCUT2D eigenvalue weighted by molar-refractivity contribution is 0.373. The molecule has 0 radical (unpaired) electrons. The number of para-hydroxylation sites is 1. The first-order valence-electron chi connectivity index (χ1n) is 7.83. The fraction of sp³-hybridized carbons (Fsp3) is 0.375. The third-order valence-electron chi connectivity index (χ3n) is 3.59. The monoisotopic (exact) mass is 345 g/mol. The van der Waals surface area contributed by atoms with Crippen LogP contribution >= 0.6 is 0 Å². The molecule has 0 spiro atoms. The number of aromatic nitrogens is 5. The van der Waals surface area contributed by atoms with E-state index in [0.29, 0.717) is 17.4 Å². The summed E-state index contributed by atoms with van der Waals surface area (Å²) in [5.74, 6) is 1.30. The summed E-state index contributed by atoms with van der Waals surface area (Å²) in [6, 6.07) is 9.69. The molecule has 0 saturated heterocycles. The van der Waals surface area contributed by atoms with E-state index in [0.717, 1.165) is 18.5 Å². The average Bonchev–Trinajstić information content (AvgIpc) is 3.25. The molecule has 2 aromatic heterocycles. The Morgan fingerprint density at radius 2 is 2.08 bits per heavy atom. The predicted molar refractivity (Wildman–Crippen MR) is 89.9 cm³/mol. The minimum absolute atomic E-state index is 0.243. The Kier molecular flexibility index (Phi) is 5.14. The highest BCUT2D eigenvalue weighted by Crippen LogP contribution is 2.20. The maximum atomic E-state index is 12.5. The molecule has 0 amide bonds. The molecule has 0 saturated carbocycles. The fourth-order valence-corrected chi connectivity index (χ4v) is 3.22. The first-order valence-corrected chi connectivity index (χ1v) is 9.22. The zero-order valence-electron chi connectivity index (χ0n) is 13.6. The van der Waals surface area contributed by atoms with E-state index in [4.69, 9.17) is 4.52 Å². The average molecular weight is 345 g/mol. The summed E-state index contributed by atoms with van der Waals surface area (Å²) >= 11 is 0. The summed E-state index contributed by atoms with van der Waals surface area (Å²) in [7, 11) is -1.20. The largest absolute Gasteiger partial charge is 0.339 e. The van der Waals surface area contributed by atoms with E-state index in [9.17, 15) is 4.21 Å². The Hall–Kier alpha value is -2.35. The van der Waals surface area contributed by atoms with E-state index >= 15 is 0 Å². The van der Waals surface area contributed by atoms with Gasteiger partial charge in [0, 0.05) is 17.2 Å². The Bertz CT molecular complexity index is 815. The summed E-state index contributed by atoms with van der Waals surface area (Å²) in [6.07, 6.45) is 3.47. The predicted octanol–water partition coefficient (Wildman–Crippen LogP) is 2.61. The van der Waals surface area contributed by atoms with E-state index in [2.05, 4.69) is 20.5 Å². The first-order chi connectivity index (χ1) is 11.7. The molecule has 1 aromatic carbocycles. The van der Waals surface area contributed by atoms with Crippen LogP contribution in [0.4, 0.5) is 0 Å². The smallest absolute Gasteiger partial charge is 0.226 e. The van der Waals surface area contributed by atoms with Gasteiger partial charge in [0.15, 0.2) is 5.82 Å². The second kappa shape index (κ2) is 7.48. The summed E-state index contributed by atoms with van der Waals surface area (Å²) in [6.45, 7) is 3.91. The van der Waals surface area contributed by atoms with Crippen LogP contribution in [0.5, 0.6) is 0 Å². The van der Waals surface area contributed by atoms with Crippen molar-refractivity contribution in [1.29, 1.82) is 0 Å². The third kappa shape index (κ3) is 3.76. The summed E-state index contributed by atoms with van der Waals surface area (Å²) in [4.78, 5) is 4.26. The topological polar surface area (TPSA) is 86.7 Å². The maximum Gasteiger partial charge on any atom is 0.226 e. The molecule has 0 aliphatic heterocycles. The van der Waals surface area contributed by atoms with E-state index < -0.39 is 10.8 Å². The van der Waals surface area contributed by atoms with Crippen molar-refractivity contribution >= 4 is 10.8 Å². The van der Waals surface area contributed by atoms with Crippen LogP contribution in [0.1, 0.15) is 42.9 Å². The zero-order valence-corrected chi connectivity index (χ0v) is 14.4. The summed E-state index contributed by atoms with van der Waals surface area (Å²) < 4.78 is 19.3. The summed E-state index contributed by atoms with van der Waals surface area (Å²) in [5, 5.41) is 11.9. The fourth-order valence-electron chi connectivity index (χ4n) is 2.22. The second-order valence-electron chi connectivity index (χ2n) is 5.45. The van der Waals surface area contributed by atoms with Gasteiger partial charge in [-0.1, -0.05) is 35.5 Å². The van der Waals surface area contributed by atoms with Crippen LogP contribution in [0.15, 0.2) is 41.1 Å². The Labute approximate surface area is 142 Å². The summed E-state index contributed by atoms with van der Waals surface area (Å²) in [5.41, 5.74) is 1.59. The van der Waals surface area contributed by atoms with Crippen molar-refractivity contribution in [1.82, 2.24) is 25.1 Å². The number of hydrogen-bond donors (Lipinski definition) is 0. The van der Waals surface area contributed by atoms with E-state index in [1.807, 2.05) is 44.2 Å². The van der Waals surface area contributed by atoms with Gasteiger partial charge in [-0.2, -0.15) is 4.98 Å². The van der Waals surface area contributed by atoms with Gasteiger partial charge >= 0.3 is 0 Å². The molecule has 24 heavy (non-hydrogen) atoms. The normalized spacial score (nSPS) is 13.8.